The Morgan fingerprint density at radius 2 is 2.05 bits per heavy atom. The van der Waals surface area contributed by atoms with Gasteiger partial charge in [0, 0.05) is 25.7 Å². The molecule has 1 amide bonds. The molecule has 0 bridgehead atoms. The number of nitrogens with zero attached hydrogens (tertiary/aromatic N) is 2. The van der Waals surface area contributed by atoms with Gasteiger partial charge in [-0.3, -0.25) is 9.69 Å². The van der Waals surface area contributed by atoms with E-state index in [2.05, 4.69) is 55.3 Å². The average Bonchev–Trinajstić information content (AvgIpc) is 2.54. The van der Waals surface area contributed by atoms with Crippen LogP contribution in [0, 0.1) is 0 Å². The Hall–Kier alpha value is -1.39. The smallest absolute Gasteiger partial charge is 0.237 e. The summed E-state index contributed by atoms with van der Waals surface area (Å²) in [4.78, 5) is 16.8. The highest BCUT2D eigenvalue weighted by atomic mass is 16.2. The van der Waals surface area contributed by atoms with Crippen molar-refractivity contribution in [3.63, 3.8) is 0 Å². The molecule has 22 heavy (non-hydrogen) atoms. The van der Waals surface area contributed by atoms with Crippen LogP contribution in [0.2, 0.25) is 0 Å². The monoisotopic (exact) mass is 303 g/mol. The van der Waals surface area contributed by atoms with E-state index < -0.39 is 0 Å². The maximum atomic E-state index is 12.7. The minimum Gasteiger partial charge on any atom is -0.332 e. The lowest BCUT2D eigenvalue weighted by Crippen LogP contribution is -2.51. The molecule has 1 aliphatic rings. The topological polar surface area (TPSA) is 35.6 Å². The number of piperazine rings is 1. The summed E-state index contributed by atoms with van der Waals surface area (Å²) < 4.78 is 0. The highest BCUT2D eigenvalue weighted by molar-refractivity contribution is 5.79. The van der Waals surface area contributed by atoms with Gasteiger partial charge in [-0.25, -0.2) is 0 Å². The van der Waals surface area contributed by atoms with Crippen molar-refractivity contribution in [2.75, 3.05) is 33.2 Å². The van der Waals surface area contributed by atoms with Gasteiger partial charge < -0.3 is 10.2 Å². The van der Waals surface area contributed by atoms with Crippen LogP contribution in [-0.2, 0) is 11.2 Å². The third kappa shape index (κ3) is 4.08. The van der Waals surface area contributed by atoms with E-state index in [-0.39, 0.29) is 11.9 Å². The minimum absolute atomic E-state index is 0.146. The Kier molecular flexibility index (Phi) is 5.98. The zero-order chi connectivity index (χ0) is 16.1. The molecule has 0 radical (unpaired) electrons. The van der Waals surface area contributed by atoms with Gasteiger partial charge in [0.1, 0.15) is 0 Å². The van der Waals surface area contributed by atoms with Crippen LogP contribution in [0.4, 0.5) is 0 Å². The molecule has 1 fully saturated rings. The molecule has 1 aromatic rings. The summed E-state index contributed by atoms with van der Waals surface area (Å²) in [7, 11) is 2.01. The van der Waals surface area contributed by atoms with E-state index in [0.29, 0.717) is 12.6 Å². The van der Waals surface area contributed by atoms with E-state index in [4.69, 9.17) is 0 Å². The van der Waals surface area contributed by atoms with E-state index in [1.54, 1.807) is 0 Å². The van der Waals surface area contributed by atoms with Crippen molar-refractivity contribution in [3.05, 3.63) is 35.4 Å². The Morgan fingerprint density at radius 3 is 2.64 bits per heavy atom. The van der Waals surface area contributed by atoms with Crippen LogP contribution in [0.5, 0.6) is 0 Å². The van der Waals surface area contributed by atoms with Gasteiger partial charge in [-0.2, -0.15) is 0 Å². The second kappa shape index (κ2) is 7.75. The number of aryl methyl sites for hydroxylation is 1. The predicted molar refractivity (Wildman–Crippen MR) is 90.9 cm³/mol. The summed E-state index contributed by atoms with van der Waals surface area (Å²) in [5, 5.41) is 3.42. The molecule has 0 aromatic heterocycles. The van der Waals surface area contributed by atoms with E-state index in [1.807, 2.05) is 11.9 Å². The lowest BCUT2D eigenvalue weighted by Gasteiger charge is -2.38. The Morgan fingerprint density at radius 1 is 1.36 bits per heavy atom. The first-order valence-corrected chi connectivity index (χ1v) is 8.32. The van der Waals surface area contributed by atoms with Crippen LogP contribution in [0.3, 0.4) is 0 Å². The first-order valence-electron chi connectivity index (χ1n) is 8.32. The van der Waals surface area contributed by atoms with E-state index in [0.717, 1.165) is 26.1 Å². The van der Waals surface area contributed by atoms with Crippen molar-refractivity contribution in [2.45, 2.75) is 39.3 Å². The van der Waals surface area contributed by atoms with E-state index in [1.165, 1.54) is 11.1 Å². The maximum Gasteiger partial charge on any atom is 0.237 e. The molecular weight excluding hydrogens is 274 g/mol. The molecule has 122 valence electrons. The highest BCUT2D eigenvalue weighted by Crippen LogP contribution is 2.23. The number of carbonyl (C=O) groups excluding carboxylic acids is 1. The van der Waals surface area contributed by atoms with Crippen molar-refractivity contribution in [1.29, 1.82) is 0 Å². The van der Waals surface area contributed by atoms with Crippen molar-refractivity contribution in [2.24, 2.45) is 0 Å². The molecule has 1 atom stereocenters. The molecule has 0 spiro atoms. The van der Waals surface area contributed by atoms with Crippen LogP contribution >= 0.6 is 0 Å². The molecular formula is C18H29N3O. The molecule has 1 aromatic carbocycles. The second-order valence-corrected chi connectivity index (χ2v) is 6.41. The Labute approximate surface area is 134 Å². The molecule has 4 nitrogen and oxygen atoms in total. The summed E-state index contributed by atoms with van der Waals surface area (Å²) >= 11 is 0. The van der Waals surface area contributed by atoms with Crippen molar-refractivity contribution >= 4 is 5.91 Å². The quantitative estimate of drug-likeness (QED) is 0.904. The van der Waals surface area contributed by atoms with Gasteiger partial charge >= 0.3 is 0 Å². The highest BCUT2D eigenvalue weighted by Gasteiger charge is 2.28. The van der Waals surface area contributed by atoms with Crippen LogP contribution in [0.1, 0.15) is 37.9 Å². The van der Waals surface area contributed by atoms with Crippen LogP contribution in [0.25, 0.3) is 0 Å². The largest absolute Gasteiger partial charge is 0.332 e. The predicted octanol–water partition coefficient (Wildman–Crippen LogP) is 2.06. The third-order valence-electron chi connectivity index (χ3n) is 4.60. The van der Waals surface area contributed by atoms with Crippen LogP contribution in [0.15, 0.2) is 24.3 Å². The maximum absolute atomic E-state index is 12.7. The van der Waals surface area contributed by atoms with Gasteiger partial charge in [-0.15, -0.1) is 0 Å². The Bertz CT molecular complexity index is 484. The molecule has 1 saturated heterocycles. The molecule has 0 saturated carbocycles. The number of likely N-dealkylation sites (N-methyl/N-ethyl adjacent to an activating group) is 1. The first kappa shape index (κ1) is 17.0. The number of amides is 1. The standard InChI is InChI=1S/C18H29N3O/c1-5-15-6-8-16(9-7-15)17-12-19-10-11-21(17)18(22)13-20(4)14(2)3/h6-9,14,17,19H,5,10-13H2,1-4H3. The fourth-order valence-corrected chi connectivity index (χ4v) is 2.76. The Balaban J connectivity index is 2.11. The van der Waals surface area contributed by atoms with Crippen molar-refractivity contribution < 1.29 is 4.79 Å². The minimum atomic E-state index is 0.146. The molecule has 1 N–H and O–H groups in total. The molecule has 0 aliphatic carbocycles. The number of hydrogen-bond acceptors (Lipinski definition) is 3. The van der Waals surface area contributed by atoms with Gasteiger partial charge in [0.2, 0.25) is 5.91 Å². The summed E-state index contributed by atoms with van der Waals surface area (Å²) in [5.74, 6) is 0.224. The number of nitrogens with one attached hydrogen (secondary N) is 1. The number of rotatable bonds is 5. The average molecular weight is 303 g/mol. The molecule has 1 unspecified atom stereocenters. The van der Waals surface area contributed by atoms with Crippen molar-refractivity contribution in [3.8, 4) is 0 Å². The summed E-state index contributed by atoms with van der Waals surface area (Å²) in [6, 6.07) is 9.22. The fourth-order valence-electron chi connectivity index (χ4n) is 2.76. The zero-order valence-corrected chi connectivity index (χ0v) is 14.3. The van der Waals surface area contributed by atoms with Gasteiger partial charge in [0.25, 0.3) is 0 Å². The van der Waals surface area contributed by atoms with E-state index in [9.17, 15) is 4.79 Å². The van der Waals surface area contributed by atoms with Crippen molar-refractivity contribution in [1.82, 2.24) is 15.1 Å². The third-order valence-corrected chi connectivity index (χ3v) is 4.60. The lowest BCUT2D eigenvalue weighted by molar-refractivity contribution is -0.135. The number of benzene rings is 1. The fraction of sp³-hybridized carbons (Fsp3) is 0.611. The summed E-state index contributed by atoms with van der Waals surface area (Å²) in [6.07, 6.45) is 1.05. The van der Waals surface area contributed by atoms with Gasteiger partial charge in [0.15, 0.2) is 0 Å². The molecule has 1 aliphatic heterocycles. The second-order valence-electron chi connectivity index (χ2n) is 6.41. The van der Waals surface area contributed by atoms with Gasteiger partial charge in [-0.05, 0) is 38.4 Å². The molecule has 2 rings (SSSR count). The normalized spacial score (nSPS) is 19.0. The van der Waals surface area contributed by atoms with E-state index >= 15 is 0 Å². The van der Waals surface area contributed by atoms with Gasteiger partial charge in [-0.1, -0.05) is 31.2 Å². The summed E-state index contributed by atoms with van der Waals surface area (Å²) in [6.45, 7) is 9.38. The lowest BCUT2D eigenvalue weighted by atomic mass is 10.0. The summed E-state index contributed by atoms with van der Waals surface area (Å²) in [5.41, 5.74) is 2.56. The molecule has 1 heterocycles. The SMILES string of the molecule is CCc1ccc(C2CNCCN2C(=O)CN(C)C(C)C)cc1. The van der Waals surface area contributed by atoms with Crippen LogP contribution < -0.4 is 5.32 Å². The molecule has 4 heteroatoms. The zero-order valence-electron chi connectivity index (χ0n) is 14.3. The first-order chi connectivity index (χ1) is 10.5. The number of hydrogen-bond donors (Lipinski definition) is 1. The number of carbonyl (C=O) groups is 1. The van der Waals surface area contributed by atoms with Gasteiger partial charge in [0.05, 0.1) is 12.6 Å². The van der Waals surface area contributed by atoms with Crippen LogP contribution in [-0.4, -0.2) is 55.0 Å².